The van der Waals surface area contributed by atoms with Crippen LogP contribution in [0.5, 0.6) is 11.5 Å². The van der Waals surface area contributed by atoms with Gasteiger partial charge in [0.1, 0.15) is 11.5 Å². The van der Waals surface area contributed by atoms with Crippen molar-refractivity contribution >= 4 is 11.1 Å². The number of aryl methyl sites for hydroxylation is 1. The number of benzene rings is 1. The van der Waals surface area contributed by atoms with Crippen LogP contribution in [-0.2, 0) is 0 Å². The second kappa shape index (κ2) is 16.8. The lowest BCUT2D eigenvalue weighted by molar-refractivity contribution is 0.254. The first-order valence-corrected chi connectivity index (χ1v) is 19.6. The number of hydrogen-bond donors (Lipinski definition) is 0. The smallest absolute Gasteiger partial charge is 0.161 e. The van der Waals surface area contributed by atoms with Crippen molar-refractivity contribution in [2.75, 3.05) is 33.4 Å². The molecule has 0 bridgehead atoms. The zero-order valence-corrected chi connectivity index (χ0v) is 30.2. The molecule has 6 rings (SSSR count). The van der Waals surface area contributed by atoms with Crippen LogP contribution in [0, 0.1) is 24.7 Å². The number of nitrogens with zero attached hydrogens (tertiary/aromatic N) is 1. The van der Waals surface area contributed by atoms with Crippen LogP contribution in [0.3, 0.4) is 0 Å². The fourth-order valence-corrected chi connectivity index (χ4v) is 9.42. The average molecular weight is 642 g/mol. The monoisotopic (exact) mass is 641 g/mol. The van der Waals surface area contributed by atoms with Crippen LogP contribution in [0.15, 0.2) is 40.3 Å². The summed E-state index contributed by atoms with van der Waals surface area (Å²) in [5, 5.41) is 0. The minimum Gasteiger partial charge on any atom is -0.493 e. The Morgan fingerprint density at radius 1 is 0.851 bits per heavy atom. The molecule has 0 N–H and O–H groups in total. The summed E-state index contributed by atoms with van der Waals surface area (Å²) in [6.07, 6.45) is 24.9. The van der Waals surface area contributed by atoms with E-state index in [4.69, 9.17) is 13.9 Å². The highest BCUT2D eigenvalue weighted by Gasteiger charge is 2.29. The normalized spacial score (nSPS) is 28.6. The predicted molar refractivity (Wildman–Crippen MR) is 196 cm³/mol. The van der Waals surface area contributed by atoms with Crippen molar-refractivity contribution < 1.29 is 13.9 Å². The number of hydrogen-bond acceptors (Lipinski definition) is 4. The van der Waals surface area contributed by atoms with E-state index in [0.717, 1.165) is 79.6 Å². The molecule has 0 radical (unpaired) electrons. The van der Waals surface area contributed by atoms with Crippen molar-refractivity contribution in [3.05, 3.63) is 58.6 Å². The minimum atomic E-state index is 0.382. The molecule has 4 atom stereocenters. The lowest BCUT2D eigenvalue weighted by atomic mass is 9.75. The molecule has 1 saturated heterocycles. The van der Waals surface area contributed by atoms with Gasteiger partial charge in [-0.15, -0.1) is 0 Å². The molecular weight excluding hydrogens is 578 g/mol. The summed E-state index contributed by atoms with van der Waals surface area (Å²) in [5.74, 6) is 6.92. The molecule has 1 aromatic heterocycles. The Balaban J connectivity index is 1.26. The van der Waals surface area contributed by atoms with Crippen molar-refractivity contribution in [2.24, 2.45) is 17.8 Å². The van der Waals surface area contributed by atoms with Crippen LogP contribution in [0.1, 0.15) is 152 Å². The van der Waals surface area contributed by atoms with E-state index in [-0.39, 0.29) is 0 Å². The number of fused-ring (bicyclic) bond motifs is 2. The Bertz CT molecular complexity index is 1360. The summed E-state index contributed by atoms with van der Waals surface area (Å²) in [6, 6.07) is 8.99. The zero-order chi connectivity index (χ0) is 32.6. The van der Waals surface area contributed by atoms with E-state index < -0.39 is 0 Å². The molecule has 2 heterocycles. The first-order chi connectivity index (χ1) is 23.0. The van der Waals surface area contributed by atoms with Crippen LogP contribution in [0.25, 0.3) is 11.1 Å². The Morgan fingerprint density at radius 3 is 2.43 bits per heavy atom. The fraction of sp³-hybridized carbons (Fsp3) is 0.674. The van der Waals surface area contributed by atoms with Gasteiger partial charge < -0.3 is 18.8 Å². The molecular formula is C43H63NO3. The predicted octanol–water partition coefficient (Wildman–Crippen LogP) is 11.8. The third kappa shape index (κ3) is 8.77. The van der Waals surface area contributed by atoms with E-state index in [1.54, 1.807) is 7.11 Å². The fourth-order valence-electron chi connectivity index (χ4n) is 9.42. The van der Waals surface area contributed by atoms with Gasteiger partial charge in [-0.1, -0.05) is 71.3 Å². The average Bonchev–Trinajstić information content (AvgIpc) is 3.69. The van der Waals surface area contributed by atoms with Gasteiger partial charge in [0.15, 0.2) is 11.5 Å². The van der Waals surface area contributed by atoms with Gasteiger partial charge in [0.2, 0.25) is 0 Å². The maximum Gasteiger partial charge on any atom is 0.161 e. The van der Waals surface area contributed by atoms with Crippen LogP contribution in [0.4, 0.5) is 0 Å². The molecule has 1 aromatic carbocycles. The molecule has 4 nitrogen and oxygen atoms in total. The number of furan rings is 1. The number of allylic oxidation sites excluding steroid dienone is 4. The quantitative estimate of drug-likeness (QED) is 0.181. The van der Waals surface area contributed by atoms with Gasteiger partial charge in [-0.3, -0.25) is 0 Å². The Labute approximate surface area is 286 Å². The summed E-state index contributed by atoms with van der Waals surface area (Å²) >= 11 is 0. The van der Waals surface area contributed by atoms with Gasteiger partial charge in [-0.05, 0) is 148 Å². The van der Waals surface area contributed by atoms with Gasteiger partial charge >= 0.3 is 0 Å². The SMILES string of the molecule is CCCC1CCCC(CC2CCC/C3=C(CC2)/C(c2ccc(C)o2)=C/CC(C)c2cc(OCCCN4CCCC4)c(OC)cc23)CC1. The van der Waals surface area contributed by atoms with Crippen molar-refractivity contribution in [1.29, 1.82) is 0 Å². The lowest BCUT2D eigenvalue weighted by Crippen LogP contribution is -2.22. The standard InChI is InChI=1S/C43H63NO3/c1-5-11-33-12-8-13-34(19-18-33)28-35-14-9-15-36-37(22-20-35)38(41-23-17-32(3)47-41)21-16-31(2)39-29-43(42(45-4)30-40(36)39)46-27-10-26-44-24-6-7-25-44/h17,21,23,29-31,33-35H,5-16,18-20,22,24-28H2,1-4H3/b37-36-,38-21-. The molecule has 4 unspecified atom stereocenters. The Morgan fingerprint density at radius 2 is 1.64 bits per heavy atom. The largest absolute Gasteiger partial charge is 0.493 e. The minimum absolute atomic E-state index is 0.382. The van der Waals surface area contributed by atoms with Gasteiger partial charge in [0.25, 0.3) is 0 Å². The molecule has 258 valence electrons. The molecule has 1 saturated carbocycles. The summed E-state index contributed by atoms with van der Waals surface area (Å²) in [7, 11) is 1.80. The van der Waals surface area contributed by atoms with E-state index in [2.05, 4.69) is 56.0 Å². The van der Waals surface area contributed by atoms with E-state index in [0.29, 0.717) is 5.92 Å². The maximum atomic E-state index is 6.47. The first kappa shape index (κ1) is 34.4. The molecule has 4 aliphatic rings. The van der Waals surface area contributed by atoms with Crippen LogP contribution in [-0.4, -0.2) is 38.3 Å². The molecule has 0 amide bonds. The molecule has 47 heavy (non-hydrogen) atoms. The first-order valence-electron chi connectivity index (χ1n) is 19.6. The molecule has 1 aliphatic heterocycles. The highest BCUT2D eigenvalue weighted by molar-refractivity contribution is 5.90. The molecule has 3 aliphatic carbocycles. The topological polar surface area (TPSA) is 34.8 Å². The highest BCUT2D eigenvalue weighted by Crippen LogP contribution is 2.48. The summed E-state index contributed by atoms with van der Waals surface area (Å²) in [6.45, 7) is 11.2. The third-order valence-corrected chi connectivity index (χ3v) is 12.1. The maximum absolute atomic E-state index is 6.47. The van der Waals surface area contributed by atoms with E-state index >= 15 is 0 Å². The number of methoxy groups -OCH3 is 1. The second-order valence-electron chi connectivity index (χ2n) is 15.5. The van der Waals surface area contributed by atoms with Gasteiger partial charge in [0.05, 0.1) is 13.7 Å². The van der Waals surface area contributed by atoms with Crippen molar-refractivity contribution in [3.8, 4) is 11.5 Å². The second-order valence-corrected chi connectivity index (χ2v) is 15.5. The number of likely N-dealkylation sites (tertiary alicyclic amines) is 1. The van der Waals surface area contributed by atoms with Crippen molar-refractivity contribution in [3.63, 3.8) is 0 Å². The third-order valence-electron chi connectivity index (χ3n) is 12.1. The number of ether oxygens (including phenoxy) is 2. The number of rotatable bonds is 11. The summed E-state index contributed by atoms with van der Waals surface area (Å²) in [5.41, 5.74) is 7.16. The van der Waals surface area contributed by atoms with Crippen LogP contribution >= 0.6 is 0 Å². The highest BCUT2D eigenvalue weighted by atomic mass is 16.5. The van der Waals surface area contributed by atoms with Crippen LogP contribution < -0.4 is 9.47 Å². The van der Waals surface area contributed by atoms with E-state index in [9.17, 15) is 0 Å². The molecule has 4 heteroatoms. The summed E-state index contributed by atoms with van der Waals surface area (Å²) < 4.78 is 18.9. The van der Waals surface area contributed by atoms with Crippen molar-refractivity contribution in [1.82, 2.24) is 4.90 Å². The summed E-state index contributed by atoms with van der Waals surface area (Å²) in [4.78, 5) is 2.57. The zero-order valence-electron chi connectivity index (χ0n) is 30.2. The van der Waals surface area contributed by atoms with Gasteiger partial charge in [0, 0.05) is 12.1 Å². The van der Waals surface area contributed by atoms with Gasteiger partial charge in [-0.25, -0.2) is 0 Å². The van der Waals surface area contributed by atoms with Crippen LogP contribution in [0.2, 0.25) is 0 Å². The molecule has 2 aromatic rings. The molecule has 2 fully saturated rings. The Hall–Kier alpha value is -2.46. The Kier molecular flexibility index (Phi) is 12.3. The lowest BCUT2D eigenvalue weighted by Gasteiger charge is -2.31. The van der Waals surface area contributed by atoms with E-state index in [1.165, 1.54) is 124 Å². The van der Waals surface area contributed by atoms with Crippen molar-refractivity contribution in [2.45, 2.75) is 136 Å². The van der Waals surface area contributed by atoms with Gasteiger partial charge in [-0.2, -0.15) is 0 Å². The van der Waals surface area contributed by atoms with E-state index in [1.807, 2.05) is 0 Å². The molecule has 0 spiro atoms.